The molecule has 128 valence electrons. The van der Waals surface area contributed by atoms with Gasteiger partial charge in [0.05, 0.1) is 7.11 Å². The van der Waals surface area contributed by atoms with Gasteiger partial charge in [-0.3, -0.25) is 0 Å². The van der Waals surface area contributed by atoms with E-state index in [4.69, 9.17) is 9.47 Å². The minimum atomic E-state index is -1.26. The summed E-state index contributed by atoms with van der Waals surface area (Å²) < 4.78 is 64.2. The average molecular weight is 350 g/mol. The fourth-order valence-corrected chi connectivity index (χ4v) is 2.33. The summed E-state index contributed by atoms with van der Waals surface area (Å²) in [6.07, 6.45) is 0. The summed E-state index contributed by atoms with van der Waals surface area (Å²) in [5.41, 5.74) is -0.883. The highest BCUT2D eigenvalue weighted by Gasteiger charge is 2.21. The number of esters is 1. The lowest BCUT2D eigenvalue weighted by molar-refractivity contribution is 0.0724. The van der Waals surface area contributed by atoms with Crippen LogP contribution in [-0.2, 0) is 0 Å². The predicted molar refractivity (Wildman–Crippen MR) is 81.7 cm³/mol. The van der Waals surface area contributed by atoms with Gasteiger partial charge in [0.15, 0.2) is 11.6 Å². The number of fused-ring (bicyclic) bond motifs is 1. The van der Waals surface area contributed by atoms with E-state index >= 15 is 0 Å². The first kappa shape index (κ1) is 16.8. The minimum absolute atomic E-state index is 0.0124. The summed E-state index contributed by atoms with van der Waals surface area (Å²) in [7, 11) is 1.23. The van der Waals surface area contributed by atoms with Crippen LogP contribution in [0.25, 0.3) is 10.8 Å². The Hall–Kier alpha value is -3.09. The second kappa shape index (κ2) is 6.43. The van der Waals surface area contributed by atoms with E-state index in [1.807, 2.05) is 0 Å². The molecular formula is C18H10F4O3. The van der Waals surface area contributed by atoms with Crippen LogP contribution in [0.3, 0.4) is 0 Å². The Morgan fingerprint density at radius 2 is 1.52 bits per heavy atom. The molecule has 0 bridgehead atoms. The molecule has 3 aromatic carbocycles. The van der Waals surface area contributed by atoms with E-state index < -0.39 is 34.8 Å². The van der Waals surface area contributed by atoms with Crippen LogP contribution in [0.15, 0.2) is 42.5 Å². The van der Waals surface area contributed by atoms with Crippen molar-refractivity contribution in [2.75, 3.05) is 7.11 Å². The molecule has 0 amide bonds. The highest BCUT2D eigenvalue weighted by Crippen LogP contribution is 2.26. The molecule has 0 aromatic heterocycles. The third kappa shape index (κ3) is 3.13. The fraction of sp³-hybridized carbons (Fsp3) is 0.0556. The van der Waals surface area contributed by atoms with Gasteiger partial charge in [-0.1, -0.05) is 6.07 Å². The summed E-state index contributed by atoms with van der Waals surface area (Å²) in [5.74, 6) is -5.76. The molecule has 0 spiro atoms. The van der Waals surface area contributed by atoms with Crippen molar-refractivity contribution < 1.29 is 31.8 Å². The van der Waals surface area contributed by atoms with E-state index in [0.717, 1.165) is 18.2 Å². The lowest BCUT2D eigenvalue weighted by atomic mass is 10.1. The first-order chi connectivity index (χ1) is 11.9. The number of rotatable bonds is 3. The van der Waals surface area contributed by atoms with Gasteiger partial charge in [0.25, 0.3) is 0 Å². The first-order valence-electron chi connectivity index (χ1n) is 7.03. The molecule has 3 aromatic rings. The number of benzene rings is 3. The van der Waals surface area contributed by atoms with E-state index in [2.05, 4.69) is 0 Å². The molecule has 3 nitrogen and oxygen atoms in total. The lowest BCUT2D eigenvalue weighted by Gasteiger charge is -2.09. The Morgan fingerprint density at radius 1 is 0.840 bits per heavy atom. The summed E-state index contributed by atoms with van der Waals surface area (Å²) in [4.78, 5) is 12.0. The van der Waals surface area contributed by atoms with Crippen LogP contribution in [0.4, 0.5) is 17.6 Å². The van der Waals surface area contributed by atoms with Crippen LogP contribution < -0.4 is 9.47 Å². The van der Waals surface area contributed by atoms with Crippen molar-refractivity contribution in [2.24, 2.45) is 0 Å². The highest BCUT2D eigenvalue weighted by molar-refractivity contribution is 5.93. The Bertz CT molecular complexity index is 962. The average Bonchev–Trinajstić information content (AvgIpc) is 2.57. The Labute approximate surface area is 139 Å². The SMILES string of the molecule is COc1cc(F)c(C(=O)Oc2ccc3c(F)c(F)ccc3c2)c(F)c1. The first-order valence-corrected chi connectivity index (χ1v) is 7.03. The van der Waals surface area contributed by atoms with Crippen LogP contribution in [0, 0.1) is 23.3 Å². The monoisotopic (exact) mass is 350 g/mol. The number of methoxy groups -OCH3 is 1. The van der Waals surface area contributed by atoms with Gasteiger partial charge in [-0.25, -0.2) is 22.4 Å². The predicted octanol–water partition coefficient (Wildman–Crippen LogP) is 4.62. The number of halogens is 4. The van der Waals surface area contributed by atoms with Gasteiger partial charge in [-0.2, -0.15) is 0 Å². The molecule has 3 rings (SSSR count). The quantitative estimate of drug-likeness (QED) is 0.393. The molecule has 0 heterocycles. The maximum atomic E-state index is 13.9. The lowest BCUT2D eigenvalue weighted by Crippen LogP contribution is -2.13. The van der Waals surface area contributed by atoms with E-state index in [0.29, 0.717) is 0 Å². The summed E-state index contributed by atoms with van der Waals surface area (Å²) in [5, 5.41) is 0.251. The smallest absolute Gasteiger partial charge is 0.349 e. The molecule has 0 aliphatic heterocycles. The molecule has 0 atom stereocenters. The largest absolute Gasteiger partial charge is 0.497 e. The van der Waals surface area contributed by atoms with Crippen molar-refractivity contribution in [1.29, 1.82) is 0 Å². The molecule has 0 N–H and O–H groups in total. The second-order valence-corrected chi connectivity index (χ2v) is 5.10. The van der Waals surface area contributed by atoms with Crippen molar-refractivity contribution in [2.45, 2.75) is 0 Å². The summed E-state index contributed by atoms with van der Waals surface area (Å²) in [6.45, 7) is 0. The van der Waals surface area contributed by atoms with Gasteiger partial charge in [0.2, 0.25) is 0 Å². The van der Waals surface area contributed by atoms with Crippen LogP contribution >= 0.6 is 0 Å². The van der Waals surface area contributed by atoms with Crippen LogP contribution in [0.5, 0.6) is 11.5 Å². The Kier molecular flexibility index (Phi) is 4.31. The van der Waals surface area contributed by atoms with E-state index in [-0.39, 0.29) is 22.3 Å². The molecule has 25 heavy (non-hydrogen) atoms. The fourth-order valence-electron chi connectivity index (χ4n) is 2.33. The molecular weight excluding hydrogens is 340 g/mol. The van der Waals surface area contributed by atoms with Crippen LogP contribution in [0.1, 0.15) is 10.4 Å². The van der Waals surface area contributed by atoms with Gasteiger partial charge >= 0.3 is 5.97 Å². The normalized spacial score (nSPS) is 10.8. The maximum absolute atomic E-state index is 13.9. The summed E-state index contributed by atoms with van der Waals surface area (Å²) in [6, 6.07) is 7.57. The third-order valence-electron chi connectivity index (χ3n) is 3.54. The summed E-state index contributed by atoms with van der Waals surface area (Å²) >= 11 is 0. The van der Waals surface area contributed by atoms with E-state index in [9.17, 15) is 22.4 Å². The minimum Gasteiger partial charge on any atom is -0.497 e. The number of hydrogen-bond donors (Lipinski definition) is 0. The highest BCUT2D eigenvalue weighted by atomic mass is 19.2. The molecule has 0 aliphatic carbocycles. The zero-order valence-corrected chi connectivity index (χ0v) is 12.8. The van der Waals surface area contributed by atoms with Crippen LogP contribution in [-0.4, -0.2) is 13.1 Å². The number of carbonyl (C=O) groups is 1. The van der Waals surface area contributed by atoms with Crippen molar-refractivity contribution in [3.05, 3.63) is 71.3 Å². The zero-order chi connectivity index (χ0) is 18.1. The van der Waals surface area contributed by atoms with Gasteiger partial charge in [0, 0.05) is 17.5 Å². The molecule has 7 heteroatoms. The van der Waals surface area contributed by atoms with Crippen molar-refractivity contribution in [1.82, 2.24) is 0 Å². The van der Waals surface area contributed by atoms with Crippen LogP contribution in [0.2, 0.25) is 0 Å². The molecule has 0 saturated carbocycles. The maximum Gasteiger partial charge on any atom is 0.349 e. The number of carbonyl (C=O) groups excluding carboxylic acids is 1. The molecule has 0 unspecified atom stereocenters. The number of ether oxygens (including phenoxy) is 2. The second-order valence-electron chi connectivity index (χ2n) is 5.10. The van der Waals surface area contributed by atoms with Gasteiger partial charge in [0.1, 0.15) is 28.7 Å². The molecule has 0 radical (unpaired) electrons. The molecule has 0 aliphatic rings. The van der Waals surface area contributed by atoms with Gasteiger partial charge in [-0.05, 0) is 29.7 Å². The van der Waals surface area contributed by atoms with Crippen molar-refractivity contribution in [3.8, 4) is 11.5 Å². The topological polar surface area (TPSA) is 35.5 Å². The third-order valence-corrected chi connectivity index (χ3v) is 3.54. The zero-order valence-electron chi connectivity index (χ0n) is 12.8. The van der Waals surface area contributed by atoms with E-state index in [1.165, 1.54) is 31.4 Å². The van der Waals surface area contributed by atoms with Gasteiger partial charge < -0.3 is 9.47 Å². The Morgan fingerprint density at radius 3 is 2.16 bits per heavy atom. The van der Waals surface area contributed by atoms with E-state index in [1.54, 1.807) is 0 Å². The molecule has 0 saturated heterocycles. The van der Waals surface area contributed by atoms with Gasteiger partial charge in [-0.15, -0.1) is 0 Å². The van der Waals surface area contributed by atoms with Crippen molar-refractivity contribution >= 4 is 16.7 Å². The standard InChI is InChI=1S/C18H10F4O3/c1-24-11-7-14(20)16(15(21)8-11)18(23)25-10-3-4-12-9(6-10)2-5-13(19)17(12)22/h2-8H,1H3. The van der Waals surface area contributed by atoms with Crippen molar-refractivity contribution in [3.63, 3.8) is 0 Å². The Balaban J connectivity index is 1.94. The molecule has 0 fully saturated rings. The number of hydrogen-bond acceptors (Lipinski definition) is 3.